The van der Waals surface area contributed by atoms with E-state index < -0.39 is 18.4 Å². The SMILES string of the molecule is C=O.CCC[CH2][Sn]([CH2]CCC)([CH2]CCC)[C]1=CCN(OC(C)(C)C)CC1. The number of carbonyl (C=O) groups excluding carboxylic acids is 1. The third-order valence-electron chi connectivity index (χ3n) is 5.28. The zero-order valence-corrected chi connectivity index (χ0v) is 21.4. The summed E-state index contributed by atoms with van der Waals surface area (Å²) >= 11 is -2.16. The van der Waals surface area contributed by atoms with Gasteiger partial charge in [0.2, 0.25) is 0 Å². The van der Waals surface area contributed by atoms with Gasteiger partial charge in [0, 0.05) is 0 Å². The molecular weight excluding hydrogens is 429 g/mol. The quantitative estimate of drug-likeness (QED) is 0.318. The van der Waals surface area contributed by atoms with Crippen LogP contribution in [0, 0.1) is 0 Å². The van der Waals surface area contributed by atoms with Gasteiger partial charge in [0.1, 0.15) is 6.79 Å². The van der Waals surface area contributed by atoms with Crippen LogP contribution in [0.4, 0.5) is 0 Å². The molecule has 0 aromatic carbocycles. The molecule has 0 atom stereocenters. The molecule has 1 rings (SSSR count). The van der Waals surface area contributed by atoms with Crippen LogP contribution in [0.5, 0.6) is 0 Å². The molecule has 1 aliphatic rings. The molecule has 0 saturated heterocycles. The van der Waals surface area contributed by atoms with Gasteiger partial charge < -0.3 is 4.79 Å². The molecule has 0 bridgehead atoms. The second-order valence-corrected chi connectivity index (χ2v) is 22.1. The van der Waals surface area contributed by atoms with Crippen molar-refractivity contribution in [1.82, 2.24) is 5.06 Å². The number of unbranched alkanes of at least 4 members (excludes halogenated alkanes) is 3. The molecular formula is C22H45NO2Sn. The van der Waals surface area contributed by atoms with E-state index in [9.17, 15) is 0 Å². The summed E-state index contributed by atoms with van der Waals surface area (Å²) in [6.45, 7) is 17.7. The van der Waals surface area contributed by atoms with E-state index in [4.69, 9.17) is 9.63 Å². The first kappa shape index (κ1) is 26.1. The zero-order chi connectivity index (χ0) is 20.1. The third-order valence-corrected chi connectivity index (χ3v) is 21.7. The maximum absolute atomic E-state index is 8.00. The summed E-state index contributed by atoms with van der Waals surface area (Å²) < 4.78 is 6.74. The fraction of sp³-hybridized carbons (Fsp3) is 0.864. The summed E-state index contributed by atoms with van der Waals surface area (Å²) in [4.78, 5) is 14.1. The first-order valence-electron chi connectivity index (χ1n) is 10.8. The molecule has 0 amide bonds. The van der Waals surface area contributed by atoms with Crippen LogP contribution in [0.3, 0.4) is 0 Å². The van der Waals surface area contributed by atoms with Crippen molar-refractivity contribution in [3.63, 3.8) is 0 Å². The van der Waals surface area contributed by atoms with Crippen LogP contribution < -0.4 is 0 Å². The van der Waals surface area contributed by atoms with Crippen molar-refractivity contribution in [2.75, 3.05) is 13.1 Å². The Labute approximate surface area is 167 Å². The Balaban J connectivity index is 0.00000301. The molecule has 0 aromatic rings. The second-order valence-electron chi connectivity index (χ2n) is 8.66. The summed E-state index contributed by atoms with van der Waals surface area (Å²) in [5, 5.41) is 2.19. The molecule has 0 radical (unpaired) electrons. The van der Waals surface area contributed by atoms with Crippen molar-refractivity contribution in [1.29, 1.82) is 0 Å². The minimum absolute atomic E-state index is 0.0711. The molecule has 4 heteroatoms. The normalized spacial score (nSPS) is 16.0. The van der Waals surface area contributed by atoms with E-state index in [2.05, 4.69) is 52.7 Å². The molecule has 1 aliphatic heterocycles. The maximum atomic E-state index is 8.00. The van der Waals surface area contributed by atoms with E-state index in [0.29, 0.717) is 0 Å². The van der Waals surface area contributed by atoms with Gasteiger partial charge in [0.05, 0.1) is 0 Å². The van der Waals surface area contributed by atoms with Crippen molar-refractivity contribution in [2.24, 2.45) is 0 Å². The Morgan fingerprint density at radius 3 is 1.77 bits per heavy atom. The second kappa shape index (κ2) is 14.2. The summed E-state index contributed by atoms with van der Waals surface area (Å²) in [6.07, 6.45) is 12.4. The van der Waals surface area contributed by atoms with Gasteiger partial charge in [-0.1, -0.05) is 0 Å². The summed E-state index contributed by atoms with van der Waals surface area (Å²) in [6, 6.07) is 0. The Bertz CT molecular complexity index is 368. The van der Waals surface area contributed by atoms with Crippen LogP contribution in [0.2, 0.25) is 13.3 Å². The van der Waals surface area contributed by atoms with E-state index in [1.54, 1.807) is 13.3 Å². The number of nitrogens with zero attached hydrogens (tertiary/aromatic N) is 1. The van der Waals surface area contributed by atoms with Crippen molar-refractivity contribution >= 4 is 25.2 Å². The monoisotopic (exact) mass is 475 g/mol. The van der Waals surface area contributed by atoms with Gasteiger partial charge in [-0.2, -0.15) is 0 Å². The van der Waals surface area contributed by atoms with Crippen LogP contribution in [-0.4, -0.2) is 48.9 Å². The Morgan fingerprint density at radius 1 is 1.00 bits per heavy atom. The zero-order valence-electron chi connectivity index (χ0n) is 18.5. The van der Waals surface area contributed by atoms with Gasteiger partial charge in [0.25, 0.3) is 0 Å². The first-order chi connectivity index (χ1) is 12.4. The Hall–Kier alpha value is 0.129. The van der Waals surface area contributed by atoms with Gasteiger partial charge in [-0.15, -0.1) is 0 Å². The number of hydrogen-bond acceptors (Lipinski definition) is 3. The molecule has 26 heavy (non-hydrogen) atoms. The predicted molar refractivity (Wildman–Crippen MR) is 117 cm³/mol. The number of hydroxylamine groups is 2. The summed E-state index contributed by atoms with van der Waals surface area (Å²) in [5.74, 6) is 0. The van der Waals surface area contributed by atoms with Gasteiger partial charge in [-0.25, -0.2) is 0 Å². The van der Waals surface area contributed by atoms with E-state index in [1.807, 2.05) is 10.4 Å². The van der Waals surface area contributed by atoms with E-state index in [1.165, 1.54) is 44.9 Å². The third kappa shape index (κ3) is 9.89. The molecule has 1 heterocycles. The minimum atomic E-state index is -2.16. The molecule has 3 nitrogen and oxygen atoms in total. The van der Waals surface area contributed by atoms with Crippen LogP contribution in [0.1, 0.15) is 86.5 Å². The van der Waals surface area contributed by atoms with Crippen molar-refractivity contribution in [2.45, 2.75) is 105 Å². The molecule has 154 valence electrons. The van der Waals surface area contributed by atoms with E-state index >= 15 is 0 Å². The molecule has 0 N–H and O–H groups in total. The van der Waals surface area contributed by atoms with Crippen molar-refractivity contribution in [3.8, 4) is 0 Å². The van der Waals surface area contributed by atoms with Crippen LogP contribution in [0.25, 0.3) is 0 Å². The standard InChI is InChI=1S/C9H16NO.3C4H9.CH2O.Sn/c1-9(2,3)11-10-7-5-4-6-8-10;3*1-3-4-2;1-2;/h5H,6-8H2,1-3H3;3*1,3-4H2,2H3;1H2;. The fourth-order valence-electron chi connectivity index (χ4n) is 4.00. The average molecular weight is 474 g/mol. The van der Waals surface area contributed by atoms with Gasteiger partial charge in [0.15, 0.2) is 0 Å². The van der Waals surface area contributed by atoms with Gasteiger partial charge >= 0.3 is 156 Å². The molecule has 0 aliphatic carbocycles. The number of rotatable bonds is 11. The molecule has 0 saturated carbocycles. The molecule has 0 aromatic heterocycles. The van der Waals surface area contributed by atoms with Crippen molar-refractivity contribution < 1.29 is 9.63 Å². The van der Waals surface area contributed by atoms with Crippen LogP contribution in [0.15, 0.2) is 9.67 Å². The van der Waals surface area contributed by atoms with Crippen LogP contribution in [-0.2, 0) is 9.63 Å². The summed E-state index contributed by atoms with van der Waals surface area (Å²) in [7, 11) is 0. The molecule has 0 spiro atoms. The summed E-state index contributed by atoms with van der Waals surface area (Å²) in [5.41, 5.74) is -0.0711. The van der Waals surface area contributed by atoms with Gasteiger partial charge in [-0.3, -0.25) is 0 Å². The van der Waals surface area contributed by atoms with Crippen LogP contribution >= 0.6 is 0 Å². The Kier molecular flexibility index (Phi) is 14.2. The average Bonchev–Trinajstić information content (AvgIpc) is 2.62. The molecule has 0 fully saturated rings. The van der Waals surface area contributed by atoms with Crippen molar-refractivity contribution in [3.05, 3.63) is 9.67 Å². The number of hydrogen-bond donors (Lipinski definition) is 0. The number of carbonyl (C=O) groups is 1. The predicted octanol–water partition coefficient (Wildman–Crippen LogP) is 6.55. The fourth-order valence-corrected chi connectivity index (χ4v) is 21.0. The first-order valence-corrected chi connectivity index (χ1v) is 18.3. The van der Waals surface area contributed by atoms with E-state index in [-0.39, 0.29) is 5.60 Å². The van der Waals surface area contributed by atoms with Gasteiger partial charge in [-0.05, 0) is 0 Å². The molecule has 0 unspecified atom stereocenters. The van der Waals surface area contributed by atoms with E-state index in [0.717, 1.165) is 13.1 Å². The Morgan fingerprint density at radius 2 is 1.46 bits per heavy atom. The topological polar surface area (TPSA) is 29.5 Å².